The largest absolute Gasteiger partial charge is 0.493 e. The number of methoxy groups -OCH3 is 1. The highest BCUT2D eigenvalue weighted by Crippen LogP contribution is 2.34. The Kier molecular flexibility index (Phi) is 7.70. The lowest BCUT2D eigenvalue weighted by molar-refractivity contribution is 0.282. The third-order valence-electron chi connectivity index (χ3n) is 6.76. The third-order valence-corrected chi connectivity index (χ3v) is 7.29. The van der Waals surface area contributed by atoms with E-state index in [9.17, 15) is 4.79 Å². The standard InChI is InChI=1S/C34H26BrN3O4/c1-3-8-25-17-23(18-30(40-2)32(25)41-21-22-13-15-26(35)16-14-22)20-36-38-33(31-19-24-9-4-7-12-29(24)42-31)37-28-11-6-5-10-27(28)34(38)39/h3-7,9-20H,1,8,21H2,2H3. The van der Waals surface area contributed by atoms with Crippen molar-refractivity contribution in [3.8, 4) is 23.1 Å². The molecule has 0 saturated heterocycles. The molecule has 8 heteroatoms. The van der Waals surface area contributed by atoms with Crippen LogP contribution in [0.25, 0.3) is 33.5 Å². The van der Waals surface area contributed by atoms with Crippen molar-refractivity contribution in [2.24, 2.45) is 5.10 Å². The van der Waals surface area contributed by atoms with Crippen molar-refractivity contribution < 1.29 is 13.9 Å². The fraction of sp³-hybridized carbons (Fsp3) is 0.0882. The molecule has 0 bridgehead atoms. The molecule has 0 radical (unpaired) electrons. The highest BCUT2D eigenvalue weighted by atomic mass is 79.9. The number of para-hydroxylation sites is 2. The molecule has 0 aliphatic carbocycles. The number of fused-ring (bicyclic) bond motifs is 2. The summed E-state index contributed by atoms with van der Waals surface area (Å²) < 4.78 is 20.3. The number of hydrogen-bond acceptors (Lipinski definition) is 6. The molecular formula is C34H26BrN3O4. The molecule has 0 amide bonds. The van der Waals surface area contributed by atoms with Crippen LogP contribution in [-0.4, -0.2) is 23.0 Å². The second-order valence-corrected chi connectivity index (χ2v) is 10.5. The minimum atomic E-state index is -0.306. The number of allylic oxidation sites excluding steroid dienone is 1. The molecular weight excluding hydrogens is 594 g/mol. The molecule has 0 spiro atoms. The first-order chi connectivity index (χ1) is 20.5. The van der Waals surface area contributed by atoms with Gasteiger partial charge in [0.05, 0.1) is 24.2 Å². The minimum Gasteiger partial charge on any atom is -0.493 e. The highest BCUT2D eigenvalue weighted by Gasteiger charge is 2.17. The Bertz CT molecular complexity index is 1980. The molecule has 0 unspecified atom stereocenters. The number of nitrogens with zero attached hydrogens (tertiary/aromatic N) is 3. The van der Waals surface area contributed by atoms with E-state index in [0.717, 1.165) is 26.5 Å². The zero-order valence-electron chi connectivity index (χ0n) is 22.8. The van der Waals surface area contributed by atoms with Gasteiger partial charge in [0.15, 0.2) is 17.3 Å². The Morgan fingerprint density at radius 1 is 1.02 bits per heavy atom. The van der Waals surface area contributed by atoms with Crippen LogP contribution in [-0.2, 0) is 13.0 Å². The first-order valence-electron chi connectivity index (χ1n) is 13.3. The van der Waals surface area contributed by atoms with E-state index >= 15 is 0 Å². The maximum absolute atomic E-state index is 13.7. The van der Waals surface area contributed by atoms with Gasteiger partial charge in [-0.2, -0.15) is 9.78 Å². The van der Waals surface area contributed by atoms with Crippen molar-refractivity contribution in [1.29, 1.82) is 0 Å². The van der Waals surface area contributed by atoms with E-state index in [4.69, 9.17) is 18.9 Å². The van der Waals surface area contributed by atoms with Gasteiger partial charge < -0.3 is 13.9 Å². The van der Waals surface area contributed by atoms with E-state index < -0.39 is 0 Å². The van der Waals surface area contributed by atoms with Crippen molar-refractivity contribution in [2.45, 2.75) is 13.0 Å². The average Bonchev–Trinajstić information content (AvgIpc) is 3.45. The molecule has 0 aliphatic rings. The van der Waals surface area contributed by atoms with Crippen LogP contribution in [0.3, 0.4) is 0 Å². The van der Waals surface area contributed by atoms with Gasteiger partial charge >= 0.3 is 0 Å². The molecule has 2 heterocycles. The number of rotatable bonds is 9. The first-order valence-corrected chi connectivity index (χ1v) is 14.1. The number of halogens is 1. The van der Waals surface area contributed by atoms with Gasteiger partial charge in [-0.05, 0) is 66.1 Å². The van der Waals surface area contributed by atoms with Gasteiger partial charge in [-0.25, -0.2) is 4.98 Å². The molecule has 7 nitrogen and oxygen atoms in total. The van der Waals surface area contributed by atoms with Gasteiger partial charge in [0, 0.05) is 15.4 Å². The average molecular weight is 621 g/mol. The molecule has 0 N–H and O–H groups in total. The summed E-state index contributed by atoms with van der Waals surface area (Å²) >= 11 is 3.46. The topological polar surface area (TPSA) is 78.9 Å². The second kappa shape index (κ2) is 11.9. The number of benzene rings is 4. The molecule has 42 heavy (non-hydrogen) atoms. The Morgan fingerprint density at radius 3 is 2.60 bits per heavy atom. The van der Waals surface area contributed by atoms with Crippen LogP contribution < -0.4 is 15.0 Å². The van der Waals surface area contributed by atoms with Crippen LogP contribution in [0.15, 0.2) is 122 Å². The van der Waals surface area contributed by atoms with E-state index in [1.165, 1.54) is 4.68 Å². The van der Waals surface area contributed by atoms with Crippen LogP contribution in [0.5, 0.6) is 11.5 Å². The molecule has 0 aliphatic heterocycles. The van der Waals surface area contributed by atoms with Gasteiger partial charge in [0.25, 0.3) is 5.56 Å². The van der Waals surface area contributed by atoms with Crippen LogP contribution >= 0.6 is 15.9 Å². The summed E-state index contributed by atoms with van der Waals surface area (Å²) in [4.78, 5) is 18.4. The van der Waals surface area contributed by atoms with E-state index in [2.05, 4.69) is 27.6 Å². The van der Waals surface area contributed by atoms with Crippen molar-refractivity contribution >= 4 is 44.0 Å². The fourth-order valence-electron chi connectivity index (χ4n) is 4.72. The zero-order valence-corrected chi connectivity index (χ0v) is 24.4. The number of hydrogen-bond donors (Lipinski definition) is 0. The van der Waals surface area contributed by atoms with Crippen molar-refractivity contribution in [3.05, 3.63) is 135 Å². The Hall–Kier alpha value is -4.95. The van der Waals surface area contributed by atoms with Crippen LogP contribution in [0, 0.1) is 0 Å². The van der Waals surface area contributed by atoms with Crippen LogP contribution in [0.1, 0.15) is 16.7 Å². The number of ether oxygens (including phenoxy) is 2. The first kappa shape index (κ1) is 27.2. The molecule has 0 fully saturated rings. The van der Waals surface area contributed by atoms with E-state index in [1.54, 1.807) is 37.6 Å². The predicted molar refractivity (Wildman–Crippen MR) is 170 cm³/mol. The van der Waals surface area contributed by atoms with Gasteiger partial charge in [-0.3, -0.25) is 4.79 Å². The lowest BCUT2D eigenvalue weighted by Gasteiger charge is -2.16. The van der Waals surface area contributed by atoms with Crippen molar-refractivity contribution in [1.82, 2.24) is 9.66 Å². The maximum Gasteiger partial charge on any atom is 0.282 e. The number of furan rings is 1. The molecule has 6 aromatic rings. The van der Waals surface area contributed by atoms with Gasteiger partial charge in [-0.1, -0.05) is 64.5 Å². The summed E-state index contributed by atoms with van der Waals surface area (Å²) in [6, 6.07) is 28.4. The Labute approximate surface area is 250 Å². The monoisotopic (exact) mass is 619 g/mol. The third kappa shape index (κ3) is 5.49. The molecule has 208 valence electrons. The van der Waals surface area contributed by atoms with E-state index in [1.807, 2.05) is 72.8 Å². The highest BCUT2D eigenvalue weighted by molar-refractivity contribution is 9.10. The van der Waals surface area contributed by atoms with Crippen molar-refractivity contribution in [3.63, 3.8) is 0 Å². The maximum atomic E-state index is 13.7. The molecule has 6 rings (SSSR count). The van der Waals surface area contributed by atoms with Crippen molar-refractivity contribution in [2.75, 3.05) is 7.11 Å². The lowest BCUT2D eigenvalue weighted by atomic mass is 10.1. The smallest absolute Gasteiger partial charge is 0.282 e. The summed E-state index contributed by atoms with van der Waals surface area (Å²) in [5.41, 5.74) is 3.58. The summed E-state index contributed by atoms with van der Waals surface area (Å²) in [6.45, 7) is 4.28. The Balaban J connectivity index is 1.42. The predicted octanol–water partition coefficient (Wildman–Crippen LogP) is 7.77. The summed E-state index contributed by atoms with van der Waals surface area (Å²) in [5, 5.41) is 5.97. The summed E-state index contributed by atoms with van der Waals surface area (Å²) in [7, 11) is 1.60. The van der Waals surface area contributed by atoms with Gasteiger partial charge in [-0.15, -0.1) is 6.58 Å². The fourth-order valence-corrected chi connectivity index (χ4v) is 4.99. The zero-order chi connectivity index (χ0) is 29.1. The number of aromatic nitrogens is 2. The lowest BCUT2D eigenvalue weighted by Crippen LogP contribution is -2.20. The van der Waals surface area contributed by atoms with Gasteiger partial charge in [0.2, 0.25) is 5.82 Å². The molecule has 0 saturated carbocycles. The Morgan fingerprint density at radius 2 is 1.81 bits per heavy atom. The summed E-state index contributed by atoms with van der Waals surface area (Å²) in [6.07, 6.45) is 3.96. The SMILES string of the molecule is C=CCc1cc(C=Nn2c(-c3cc4ccccc4o3)nc3ccccc3c2=O)cc(OC)c1OCc1ccc(Br)cc1. The van der Waals surface area contributed by atoms with E-state index in [0.29, 0.717) is 52.6 Å². The molecule has 4 aromatic carbocycles. The van der Waals surface area contributed by atoms with E-state index in [-0.39, 0.29) is 5.56 Å². The molecule has 2 aromatic heterocycles. The van der Waals surface area contributed by atoms with Crippen LogP contribution in [0.2, 0.25) is 0 Å². The van der Waals surface area contributed by atoms with Gasteiger partial charge in [0.1, 0.15) is 12.2 Å². The minimum absolute atomic E-state index is 0.305. The molecule has 0 atom stereocenters. The van der Waals surface area contributed by atoms with Crippen LogP contribution in [0.4, 0.5) is 0 Å². The second-order valence-electron chi connectivity index (χ2n) is 9.58. The summed E-state index contributed by atoms with van der Waals surface area (Å²) in [5.74, 6) is 1.93. The normalized spacial score (nSPS) is 11.4. The quantitative estimate of drug-likeness (QED) is 0.122.